The fraction of sp³-hybridized carbons (Fsp3) is 0.611. The monoisotopic (exact) mass is 366 g/mol. The summed E-state index contributed by atoms with van der Waals surface area (Å²) >= 11 is 1.13. The van der Waals surface area contributed by atoms with E-state index in [1.54, 1.807) is 20.8 Å². The molecular weight excluding hydrogens is 340 g/mol. The zero-order chi connectivity index (χ0) is 18.6. The molecule has 7 heteroatoms. The number of methoxy groups -OCH3 is 1. The molecule has 1 aromatic heterocycles. The molecule has 0 bridgehead atoms. The van der Waals surface area contributed by atoms with Gasteiger partial charge in [-0.1, -0.05) is 33.1 Å². The highest BCUT2D eigenvalue weighted by molar-refractivity contribution is 7.18. The Morgan fingerprint density at radius 1 is 1.16 bits per heavy atom. The van der Waals surface area contributed by atoms with Gasteiger partial charge < -0.3 is 15.4 Å². The molecule has 0 atom stereocenters. The average Bonchev–Trinajstić information content (AvgIpc) is 2.91. The predicted molar refractivity (Wildman–Crippen MR) is 98.2 cm³/mol. The lowest BCUT2D eigenvalue weighted by atomic mass is 9.95. The van der Waals surface area contributed by atoms with Gasteiger partial charge in [0.25, 0.3) is 5.91 Å². The van der Waals surface area contributed by atoms with Crippen LogP contribution in [0.4, 0.5) is 5.00 Å². The third-order valence-corrected chi connectivity index (χ3v) is 5.65. The van der Waals surface area contributed by atoms with E-state index in [1.807, 2.05) is 0 Å². The minimum Gasteiger partial charge on any atom is -0.465 e. The molecule has 25 heavy (non-hydrogen) atoms. The number of carbonyl (C=O) groups excluding carboxylic acids is 3. The van der Waals surface area contributed by atoms with Crippen molar-refractivity contribution in [2.75, 3.05) is 12.4 Å². The van der Waals surface area contributed by atoms with Crippen molar-refractivity contribution in [3.63, 3.8) is 0 Å². The summed E-state index contributed by atoms with van der Waals surface area (Å²) in [5, 5.41) is 6.17. The lowest BCUT2D eigenvalue weighted by molar-refractivity contribution is -0.118. The van der Waals surface area contributed by atoms with Crippen molar-refractivity contribution in [1.29, 1.82) is 0 Å². The van der Waals surface area contributed by atoms with Gasteiger partial charge >= 0.3 is 5.97 Å². The number of carbonyl (C=O) groups is 3. The SMILES string of the molecule is COC(=O)c1c(NC(=O)C(C)C)sc(C(=O)NC2CCCCC2)c1C. The van der Waals surface area contributed by atoms with Crippen LogP contribution >= 0.6 is 11.3 Å². The second-order valence-corrected chi connectivity index (χ2v) is 7.72. The Bertz CT molecular complexity index is 660. The molecule has 0 aliphatic heterocycles. The molecule has 1 aliphatic carbocycles. The Morgan fingerprint density at radius 3 is 2.36 bits per heavy atom. The fourth-order valence-electron chi connectivity index (χ4n) is 2.92. The van der Waals surface area contributed by atoms with E-state index < -0.39 is 5.97 Å². The van der Waals surface area contributed by atoms with Crippen LogP contribution in [0, 0.1) is 12.8 Å². The zero-order valence-corrected chi connectivity index (χ0v) is 16.0. The molecule has 0 aromatic carbocycles. The summed E-state index contributed by atoms with van der Waals surface area (Å²) in [6, 6.07) is 0.179. The van der Waals surface area contributed by atoms with Gasteiger partial charge in [-0.05, 0) is 25.3 Å². The van der Waals surface area contributed by atoms with Crippen molar-refractivity contribution < 1.29 is 19.1 Å². The maximum Gasteiger partial charge on any atom is 0.341 e. The second-order valence-electron chi connectivity index (χ2n) is 6.70. The van der Waals surface area contributed by atoms with Gasteiger partial charge in [0, 0.05) is 12.0 Å². The minimum absolute atomic E-state index is 0.179. The first-order valence-electron chi connectivity index (χ1n) is 8.68. The summed E-state index contributed by atoms with van der Waals surface area (Å²) in [5.74, 6) is -1.17. The van der Waals surface area contributed by atoms with Crippen LogP contribution in [0.25, 0.3) is 0 Å². The number of anilines is 1. The molecule has 1 aliphatic rings. The molecule has 0 saturated heterocycles. The van der Waals surface area contributed by atoms with Crippen LogP contribution in [0.5, 0.6) is 0 Å². The summed E-state index contributed by atoms with van der Waals surface area (Å²) in [4.78, 5) is 37.3. The number of thiophene rings is 1. The smallest absolute Gasteiger partial charge is 0.341 e. The summed E-state index contributed by atoms with van der Waals surface area (Å²) in [5.41, 5.74) is 0.805. The van der Waals surface area contributed by atoms with E-state index in [-0.39, 0.29) is 29.3 Å². The van der Waals surface area contributed by atoms with Gasteiger partial charge in [0.2, 0.25) is 5.91 Å². The van der Waals surface area contributed by atoms with Crippen LogP contribution in [-0.2, 0) is 9.53 Å². The van der Waals surface area contributed by atoms with Crippen molar-refractivity contribution in [1.82, 2.24) is 5.32 Å². The quantitative estimate of drug-likeness (QED) is 0.781. The Kier molecular flexibility index (Phi) is 6.58. The highest BCUT2D eigenvalue weighted by Gasteiger charge is 2.28. The maximum atomic E-state index is 12.7. The van der Waals surface area contributed by atoms with Gasteiger partial charge in [-0.15, -0.1) is 11.3 Å². The van der Waals surface area contributed by atoms with Crippen LogP contribution in [0.3, 0.4) is 0 Å². The number of nitrogens with one attached hydrogen (secondary N) is 2. The van der Waals surface area contributed by atoms with Gasteiger partial charge in [0.15, 0.2) is 0 Å². The molecule has 0 radical (unpaired) electrons. The van der Waals surface area contributed by atoms with Crippen molar-refractivity contribution in [3.05, 3.63) is 16.0 Å². The first kappa shape index (κ1) is 19.4. The third kappa shape index (κ3) is 4.60. The molecule has 2 amide bonds. The number of hydrogen-bond donors (Lipinski definition) is 2. The first-order chi connectivity index (χ1) is 11.8. The van der Waals surface area contributed by atoms with Gasteiger partial charge in [-0.3, -0.25) is 9.59 Å². The lowest BCUT2D eigenvalue weighted by Crippen LogP contribution is -2.36. The lowest BCUT2D eigenvalue weighted by Gasteiger charge is -2.22. The molecule has 138 valence electrons. The van der Waals surface area contributed by atoms with Crippen LogP contribution in [-0.4, -0.2) is 30.9 Å². The number of ether oxygens (including phenoxy) is 1. The maximum absolute atomic E-state index is 12.7. The summed E-state index contributed by atoms with van der Waals surface area (Å²) in [6.07, 6.45) is 5.42. The van der Waals surface area contributed by atoms with Gasteiger partial charge in [0.1, 0.15) is 5.00 Å². The normalized spacial score (nSPS) is 15.1. The molecule has 2 rings (SSSR count). The summed E-state index contributed by atoms with van der Waals surface area (Å²) < 4.78 is 4.83. The Morgan fingerprint density at radius 2 is 1.80 bits per heavy atom. The Balaban J connectivity index is 2.28. The standard InChI is InChI=1S/C18H26N2O4S/c1-10(2)15(21)20-17-13(18(23)24-4)11(3)14(25-17)16(22)19-12-8-6-5-7-9-12/h10,12H,5-9H2,1-4H3,(H,19,22)(H,20,21). The first-order valence-corrected chi connectivity index (χ1v) is 9.50. The largest absolute Gasteiger partial charge is 0.465 e. The van der Waals surface area contributed by atoms with E-state index in [4.69, 9.17) is 4.74 Å². The molecule has 0 spiro atoms. The van der Waals surface area contributed by atoms with Crippen molar-refractivity contribution in [3.8, 4) is 0 Å². The zero-order valence-electron chi connectivity index (χ0n) is 15.2. The van der Waals surface area contributed by atoms with Crippen molar-refractivity contribution >= 4 is 34.1 Å². The van der Waals surface area contributed by atoms with Crippen LogP contribution in [0.1, 0.15) is 71.5 Å². The van der Waals surface area contributed by atoms with Crippen molar-refractivity contribution in [2.45, 2.75) is 58.9 Å². The van der Waals surface area contributed by atoms with E-state index in [9.17, 15) is 14.4 Å². The van der Waals surface area contributed by atoms with Gasteiger partial charge in [-0.2, -0.15) is 0 Å². The van der Waals surface area contributed by atoms with E-state index >= 15 is 0 Å². The number of amides is 2. The molecule has 0 unspecified atom stereocenters. The van der Waals surface area contributed by atoms with E-state index in [2.05, 4.69) is 10.6 Å². The molecule has 1 heterocycles. The highest BCUT2D eigenvalue weighted by Crippen LogP contribution is 2.34. The predicted octanol–water partition coefficient (Wildman–Crippen LogP) is 3.50. The van der Waals surface area contributed by atoms with Crippen LogP contribution in [0.15, 0.2) is 0 Å². The number of rotatable bonds is 5. The summed E-state index contributed by atoms with van der Waals surface area (Å²) in [6.45, 7) is 5.25. The molecule has 6 nitrogen and oxygen atoms in total. The van der Waals surface area contributed by atoms with Crippen LogP contribution < -0.4 is 10.6 Å². The van der Waals surface area contributed by atoms with E-state index in [0.29, 0.717) is 15.4 Å². The topological polar surface area (TPSA) is 84.5 Å². The number of hydrogen-bond acceptors (Lipinski definition) is 5. The highest BCUT2D eigenvalue weighted by atomic mass is 32.1. The molecule has 1 aromatic rings. The average molecular weight is 366 g/mol. The number of esters is 1. The molecule has 2 N–H and O–H groups in total. The third-order valence-electron chi connectivity index (χ3n) is 4.44. The minimum atomic E-state index is -0.551. The van der Waals surface area contributed by atoms with Gasteiger partial charge in [-0.25, -0.2) is 4.79 Å². The summed E-state index contributed by atoms with van der Waals surface area (Å²) in [7, 11) is 1.29. The Labute approximate surface area is 152 Å². The van der Waals surface area contributed by atoms with Crippen LogP contribution in [0.2, 0.25) is 0 Å². The Hall–Kier alpha value is -1.89. The van der Waals surface area contributed by atoms with E-state index in [1.165, 1.54) is 13.5 Å². The second kappa shape index (κ2) is 8.47. The molecule has 1 saturated carbocycles. The molecule has 1 fully saturated rings. The van der Waals surface area contributed by atoms with Gasteiger partial charge in [0.05, 0.1) is 17.6 Å². The molecular formula is C18H26N2O4S. The van der Waals surface area contributed by atoms with Crippen molar-refractivity contribution in [2.24, 2.45) is 5.92 Å². The fourth-order valence-corrected chi connectivity index (χ4v) is 4.02. The van der Waals surface area contributed by atoms with E-state index in [0.717, 1.165) is 37.0 Å².